The maximum atomic E-state index is 12.1. The van der Waals surface area contributed by atoms with Gasteiger partial charge in [-0.05, 0) is 31.5 Å². The van der Waals surface area contributed by atoms with Crippen LogP contribution in [0, 0.1) is 5.41 Å². The van der Waals surface area contributed by atoms with Crippen molar-refractivity contribution in [2.75, 3.05) is 18.1 Å². The molecule has 1 heterocycles. The van der Waals surface area contributed by atoms with Crippen molar-refractivity contribution in [2.45, 2.75) is 18.4 Å². The lowest BCUT2D eigenvalue weighted by Crippen LogP contribution is -2.42. The third-order valence-corrected chi connectivity index (χ3v) is 6.53. The zero-order valence-electron chi connectivity index (χ0n) is 12.2. The van der Waals surface area contributed by atoms with Crippen molar-refractivity contribution in [3.63, 3.8) is 0 Å². The number of thioether (sulfide) groups is 2. The molecule has 2 amide bonds. The minimum atomic E-state index is -0.743. The molecule has 3 N–H and O–H groups in total. The first-order valence-corrected chi connectivity index (χ1v) is 8.91. The predicted molar refractivity (Wildman–Crippen MR) is 89.4 cm³/mol. The molecule has 4 nitrogen and oxygen atoms in total. The van der Waals surface area contributed by atoms with E-state index in [4.69, 9.17) is 5.73 Å². The van der Waals surface area contributed by atoms with E-state index in [9.17, 15) is 9.59 Å². The monoisotopic (exact) mass is 324 g/mol. The molecule has 0 saturated carbocycles. The molecular formula is C15H20N2O2S2. The topological polar surface area (TPSA) is 72.2 Å². The molecule has 2 rings (SSSR count). The summed E-state index contributed by atoms with van der Waals surface area (Å²) in [5, 5.41) is 2.76. The molecule has 0 aliphatic carbocycles. The average molecular weight is 324 g/mol. The summed E-state index contributed by atoms with van der Waals surface area (Å²) >= 11 is 3.88. The smallest absolute Gasteiger partial charge is 0.251 e. The maximum Gasteiger partial charge on any atom is 0.251 e. The SMILES string of the molecule is CC(C)(CNC(=O)c1ccc(C2SCCS2)cc1)C(N)=O. The predicted octanol–water partition coefficient (Wildman–Crippen LogP) is 2.41. The van der Waals surface area contributed by atoms with Gasteiger partial charge in [0.05, 0.1) is 10.00 Å². The minimum absolute atomic E-state index is 0.178. The molecule has 0 aromatic heterocycles. The Morgan fingerprint density at radius 3 is 2.33 bits per heavy atom. The van der Waals surface area contributed by atoms with Gasteiger partial charge in [-0.3, -0.25) is 9.59 Å². The quantitative estimate of drug-likeness (QED) is 0.872. The van der Waals surface area contributed by atoms with Crippen LogP contribution in [-0.2, 0) is 4.79 Å². The molecule has 1 fully saturated rings. The average Bonchev–Trinajstić information content (AvgIpc) is 2.99. The Morgan fingerprint density at radius 2 is 1.81 bits per heavy atom. The molecule has 0 radical (unpaired) electrons. The Bertz CT molecular complexity index is 523. The third-order valence-electron chi connectivity index (χ3n) is 3.42. The van der Waals surface area contributed by atoms with Crippen LogP contribution < -0.4 is 11.1 Å². The van der Waals surface area contributed by atoms with E-state index in [-0.39, 0.29) is 12.5 Å². The number of rotatable bonds is 5. The number of carbonyl (C=O) groups is 2. The fraction of sp³-hybridized carbons (Fsp3) is 0.467. The van der Waals surface area contributed by atoms with Crippen LogP contribution in [0.25, 0.3) is 0 Å². The van der Waals surface area contributed by atoms with Crippen LogP contribution in [0.2, 0.25) is 0 Å². The Hall–Kier alpha value is -1.14. The minimum Gasteiger partial charge on any atom is -0.369 e. The molecule has 1 saturated heterocycles. The highest BCUT2D eigenvalue weighted by Crippen LogP contribution is 2.45. The summed E-state index contributed by atoms with van der Waals surface area (Å²) in [6, 6.07) is 7.68. The van der Waals surface area contributed by atoms with E-state index >= 15 is 0 Å². The molecule has 1 aromatic carbocycles. The number of hydrogen-bond donors (Lipinski definition) is 2. The van der Waals surface area contributed by atoms with Gasteiger partial charge in [0.15, 0.2) is 0 Å². The van der Waals surface area contributed by atoms with Crippen LogP contribution in [-0.4, -0.2) is 29.9 Å². The van der Waals surface area contributed by atoms with Crippen molar-refractivity contribution in [3.8, 4) is 0 Å². The first-order valence-electron chi connectivity index (χ1n) is 6.81. The van der Waals surface area contributed by atoms with Crippen molar-refractivity contribution in [3.05, 3.63) is 35.4 Å². The van der Waals surface area contributed by atoms with Crippen LogP contribution in [0.5, 0.6) is 0 Å². The Labute approximate surface area is 133 Å². The Kier molecular flexibility index (Phi) is 5.22. The second-order valence-corrected chi connectivity index (χ2v) is 8.35. The summed E-state index contributed by atoms with van der Waals surface area (Å²) in [5.41, 5.74) is 6.40. The van der Waals surface area contributed by atoms with Gasteiger partial charge < -0.3 is 11.1 Å². The highest BCUT2D eigenvalue weighted by Gasteiger charge is 2.25. The van der Waals surface area contributed by atoms with Gasteiger partial charge in [-0.15, -0.1) is 23.5 Å². The van der Waals surface area contributed by atoms with Gasteiger partial charge in [-0.1, -0.05) is 12.1 Å². The van der Waals surface area contributed by atoms with Crippen LogP contribution >= 0.6 is 23.5 Å². The van der Waals surface area contributed by atoms with E-state index in [1.54, 1.807) is 13.8 Å². The largest absolute Gasteiger partial charge is 0.369 e. The summed E-state index contributed by atoms with van der Waals surface area (Å²) in [7, 11) is 0. The van der Waals surface area contributed by atoms with Gasteiger partial charge in [-0.25, -0.2) is 0 Å². The lowest BCUT2D eigenvalue weighted by Gasteiger charge is -2.20. The molecule has 0 unspecified atom stereocenters. The van der Waals surface area contributed by atoms with Crippen LogP contribution in [0.1, 0.15) is 34.4 Å². The molecule has 0 atom stereocenters. The fourth-order valence-corrected chi connectivity index (χ4v) is 4.69. The molecule has 1 aliphatic rings. The number of nitrogens with two attached hydrogens (primary N) is 1. The van der Waals surface area contributed by atoms with E-state index in [0.29, 0.717) is 10.1 Å². The number of benzene rings is 1. The molecule has 114 valence electrons. The molecular weight excluding hydrogens is 304 g/mol. The van der Waals surface area contributed by atoms with Gasteiger partial charge in [0.2, 0.25) is 5.91 Å². The summed E-state index contributed by atoms with van der Waals surface area (Å²) in [4.78, 5) is 23.3. The lowest BCUT2D eigenvalue weighted by molar-refractivity contribution is -0.125. The standard InChI is InChI=1S/C15H20N2O2S2/c1-15(2,14(16)19)9-17-12(18)10-3-5-11(6-4-10)13-20-7-8-21-13/h3-6,13H,7-9H2,1-2H3,(H2,16,19)(H,17,18). The lowest BCUT2D eigenvalue weighted by atomic mass is 9.92. The zero-order valence-corrected chi connectivity index (χ0v) is 13.9. The zero-order chi connectivity index (χ0) is 15.5. The highest BCUT2D eigenvalue weighted by molar-refractivity contribution is 8.19. The first-order chi connectivity index (χ1) is 9.90. The van der Waals surface area contributed by atoms with E-state index in [0.717, 1.165) is 0 Å². The van der Waals surface area contributed by atoms with Crippen molar-refractivity contribution < 1.29 is 9.59 Å². The van der Waals surface area contributed by atoms with Crippen LogP contribution in [0.15, 0.2) is 24.3 Å². The maximum absolute atomic E-state index is 12.1. The molecule has 1 aliphatic heterocycles. The van der Waals surface area contributed by atoms with Gasteiger partial charge in [0.25, 0.3) is 5.91 Å². The molecule has 0 bridgehead atoms. The first kappa shape index (κ1) is 16.2. The highest BCUT2D eigenvalue weighted by atomic mass is 32.2. The van der Waals surface area contributed by atoms with Gasteiger partial charge in [0, 0.05) is 23.6 Å². The van der Waals surface area contributed by atoms with E-state index in [1.165, 1.54) is 17.1 Å². The van der Waals surface area contributed by atoms with Crippen molar-refractivity contribution in [1.29, 1.82) is 0 Å². The van der Waals surface area contributed by atoms with Gasteiger partial charge in [-0.2, -0.15) is 0 Å². The Balaban J connectivity index is 1.95. The molecule has 6 heteroatoms. The number of primary amides is 1. The molecule has 21 heavy (non-hydrogen) atoms. The summed E-state index contributed by atoms with van der Waals surface area (Å²) < 4.78 is 0.482. The van der Waals surface area contributed by atoms with E-state index < -0.39 is 11.3 Å². The summed E-state index contributed by atoms with van der Waals surface area (Å²) in [6.45, 7) is 3.66. The van der Waals surface area contributed by atoms with Crippen LogP contribution in [0.4, 0.5) is 0 Å². The number of nitrogens with one attached hydrogen (secondary N) is 1. The summed E-state index contributed by atoms with van der Waals surface area (Å²) in [5.74, 6) is 1.76. The third kappa shape index (κ3) is 4.17. The van der Waals surface area contributed by atoms with Crippen LogP contribution in [0.3, 0.4) is 0 Å². The second kappa shape index (κ2) is 6.75. The number of carbonyl (C=O) groups excluding carboxylic acids is 2. The van der Waals surface area contributed by atoms with E-state index in [1.807, 2.05) is 47.8 Å². The second-order valence-electron chi connectivity index (χ2n) is 5.63. The van der Waals surface area contributed by atoms with Crippen molar-refractivity contribution >= 4 is 35.3 Å². The summed E-state index contributed by atoms with van der Waals surface area (Å²) in [6.07, 6.45) is 0. The fourth-order valence-electron chi connectivity index (χ4n) is 1.83. The Morgan fingerprint density at radius 1 is 1.24 bits per heavy atom. The van der Waals surface area contributed by atoms with Crippen molar-refractivity contribution in [1.82, 2.24) is 5.32 Å². The number of hydrogen-bond acceptors (Lipinski definition) is 4. The molecule has 0 spiro atoms. The van der Waals surface area contributed by atoms with Gasteiger partial charge >= 0.3 is 0 Å². The number of amides is 2. The molecule has 1 aromatic rings. The van der Waals surface area contributed by atoms with Crippen molar-refractivity contribution in [2.24, 2.45) is 11.1 Å². The van der Waals surface area contributed by atoms with Gasteiger partial charge in [0.1, 0.15) is 0 Å². The van der Waals surface area contributed by atoms with E-state index in [2.05, 4.69) is 5.32 Å². The normalized spacial score (nSPS) is 15.9.